The highest BCUT2D eigenvalue weighted by Crippen LogP contribution is 2.41. The van der Waals surface area contributed by atoms with Gasteiger partial charge in [0.1, 0.15) is 10.5 Å². The van der Waals surface area contributed by atoms with Crippen LogP contribution in [0.25, 0.3) is 31.8 Å². The monoisotopic (exact) mass is 399 g/mol. The van der Waals surface area contributed by atoms with Crippen molar-refractivity contribution in [3.8, 4) is 22.1 Å². The lowest BCUT2D eigenvalue weighted by Gasteiger charge is -2.07. The minimum absolute atomic E-state index is 0.0715. The Balaban J connectivity index is 1.96. The largest absolute Gasteiger partial charge is 0.493 e. The number of thiazole rings is 1. The van der Waals surface area contributed by atoms with E-state index in [4.69, 9.17) is 14.2 Å². The molecular weight excluding hydrogens is 381 g/mol. The fraction of sp³-hybridized carbons (Fsp3) is 0.250. The highest BCUT2D eigenvalue weighted by Gasteiger charge is 2.20. The van der Waals surface area contributed by atoms with Gasteiger partial charge in [-0.3, -0.25) is 4.98 Å². The van der Waals surface area contributed by atoms with E-state index in [0.717, 1.165) is 32.6 Å². The Morgan fingerprint density at radius 1 is 1.04 bits per heavy atom. The molecule has 0 aliphatic carbocycles. The molecule has 0 atom stereocenters. The Hall–Kier alpha value is -2.84. The van der Waals surface area contributed by atoms with Gasteiger partial charge in [-0.25, -0.2) is 9.97 Å². The van der Waals surface area contributed by atoms with E-state index in [-0.39, 0.29) is 11.5 Å². The molecule has 8 heteroatoms. The molecule has 0 saturated heterocycles. The first-order chi connectivity index (χ1) is 13.5. The van der Waals surface area contributed by atoms with Gasteiger partial charge >= 0.3 is 0 Å². The summed E-state index contributed by atoms with van der Waals surface area (Å²) in [4.78, 5) is 13.8. The third-order valence-electron chi connectivity index (χ3n) is 4.33. The van der Waals surface area contributed by atoms with E-state index in [1.54, 1.807) is 19.4 Å². The quantitative estimate of drug-likeness (QED) is 0.492. The molecule has 2 aromatic carbocycles. The van der Waals surface area contributed by atoms with Crippen LogP contribution in [0.15, 0.2) is 24.4 Å². The molecule has 0 radical (unpaired) electrons. The number of aromatic nitrogens is 3. The van der Waals surface area contributed by atoms with Crippen LogP contribution in [0, 0.1) is 12.7 Å². The standard InChI is InChI=1S/C20H18FN3O3S/c1-10-5-12(17-13(6-10)23-11(8-22-17)9-25-2)20-24-18-15(28-20)7-14(26-3)16(21)19(18)27-4/h5-8H,9H2,1-4H3. The molecule has 0 saturated carbocycles. The molecule has 0 unspecified atom stereocenters. The number of benzene rings is 2. The summed E-state index contributed by atoms with van der Waals surface area (Å²) >= 11 is 1.43. The van der Waals surface area contributed by atoms with Gasteiger partial charge in [-0.1, -0.05) is 0 Å². The SMILES string of the molecule is COCc1cnc2c(-c3nc4c(OC)c(F)c(OC)cc4s3)cc(C)cc2n1. The van der Waals surface area contributed by atoms with Crippen LogP contribution in [0.5, 0.6) is 11.5 Å². The number of halogens is 1. The summed E-state index contributed by atoms with van der Waals surface area (Å²) < 4.78 is 30.8. The molecule has 0 bridgehead atoms. The van der Waals surface area contributed by atoms with Gasteiger partial charge < -0.3 is 14.2 Å². The predicted molar refractivity (Wildman–Crippen MR) is 107 cm³/mol. The van der Waals surface area contributed by atoms with Crippen LogP contribution in [-0.4, -0.2) is 36.3 Å². The maximum Gasteiger partial charge on any atom is 0.209 e. The van der Waals surface area contributed by atoms with E-state index in [9.17, 15) is 4.39 Å². The van der Waals surface area contributed by atoms with Gasteiger partial charge in [-0.05, 0) is 24.6 Å². The van der Waals surface area contributed by atoms with E-state index >= 15 is 0 Å². The molecule has 28 heavy (non-hydrogen) atoms. The molecule has 0 spiro atoms. The molecule has 0 aliphatic heterocycles. The molecule has 144 valence electrons. The maximum atomic E-state index is 14.5. The van der Waals surface area contributed by atoms with E-state index in [1.807, 2.05) is 19.1 Å². The number of aryl methyl sites for hydroxylation is 1. The van der Waals surface area contributed by atoms with Crippen LogP contribution in [0.3, 0.4) is 0 Å². The van der Waals surface area contributed by atoms with E-state index in [2.05, 4.69) is 15.0 Å². The van der Waals surface area contributed by atoms with Gasteiger partial charge in [0.25, 0.3) is 0 Å². The summed E-state index contributed by atoms with van der Waals surface area (Å²) in [7, 11) is 4.46. The topological polar surface area (TPSA) is 66.4 Å². The van der Waals surface area contributed by atoms with Crippen molar-refractivity contribution in [3.63, 3.8) is 0 Å². The zero-order chi connectivity index (χ0) is 19.8. The van der Waals surface area contributed by atoms with E-state index in [1.165, 1.54) is 25.6 Å². The van der Waals surface area contributed by atoms with Gasteiger partial charge in [0.05, 0.1) is 48.5 Å². The van der Waals surface area contributed by atoms with Crippen LogP contribution in [0.2, 0.25) is 0 Å². The third kappa shape index (κ3) is 3.04. The van der Waals surface area contributed by atoms with Gasteiger partial charge in [-0.15, -0.1) is 11.3 Å². The average Bonchev–Trinajstić information content (AvgIpc) is 3.10. The second-order valence-corrected chi connectivity index (χ2v) is 7.30. The summed E-state index contributed by atoms with van der Waals surface area (Å²) in [5.74, 6) is -0.368. The lowest BCUT2D eigenvalue weighted by molar-refractivity contribution is 0.181. The molecule has 6 nitrogen and oxygen atoms in total. The van der Waals surface area contributed by atoms with Gasteiger partial charge in [0.15, 0.2) is 11.5 Å². The van der Waals surface area contributed by atoms with Crippen molar-refractivity contribution in [1.29, 1.82) is 0 Å². The zero-order valence-electron chi connectivity index (χ0n) is 15.9. The summed E-state index contributed by atoms with van der Waals surface area (Å²) in [6.45, 7) is 2.38. The highest BCUT2D eigenvalue weighted by atomic mass is 32.1. The Bertz CT molecular complexity index is 1190. The molecule has 0 N–H and O–H groups in total. The van der Waals surface area contributed by atoms with Crippen molar-refractivity contribution < 1.29 is 18.6 Å². The number of hydrogen-bond donors (Lipinski definition) is 0. The summed E-state index contributed by atoms with van der Waals surface area (Å²) in [5, 5.41) is 0.712. The average molecular weight is 399 g/mol. The summed E-state index contributed by atoms with van der Waals surface area (Å²) in [6.07, 6.45) is 1.70. The van der Waals surface area contributed by atoms with Crippen molar-refractivity contribution in [2.45, 2.75) is 13.5 Å². The van der Waals surface area contributed by atoms with Crippen LogP contribution < -0.4 is 9.47 Å². The molecular formula is C20H18FN3O3S. The number of ether oxygens (including phenoxy) is 3. The first-order valence-electron chi connectivity index (χ1n) is 8.52. The van der Waals surface area contributed by atoms with Crippen molar-refractivity contribution in [2.24, 2.45) is 0 Å². The zero-order valence-corrected chi connectivity index (χ0v) is 16.7. The van der Waals surface area contributed by atoms with Crippen molar-refractivity contribution >= 4 is 32.6 Å². The van der Waals surface area contributed by atoms with Crippen LogP contribution >= 0.6 is 11.3 Å². The molecule has 0 fully saturated rings. The van der Waals surface area contributed by atoms with Crippen molar-refractivity contribution in [3.05, 3.63) is 41.5 Å². The fourth-order valence-corrected chi connectivity index (χ4v) is 4.14. The van der Waals surface area contributed by atoms with Crippen LogP contribution in [0.1, 0.15) is 11.3 Å². The second kappa shape index (κ2) is 7.29. The number of nitrogens with zero attached hydrogens (tertiary/aromatic N) is 3. The Labute approximate surface area is 164 Å². The van der Waals surface area contributed by atoms with E-state index in [0.29, 0.717) is 17.1 Å². The van der Waals surface area contributed by atoms with Crippen molar-refractivity contribution in [2.75, 3.05) is 21.3 Å². The molecule has 0 amide bonds. The van der Waals surface area contributed by atoms with Gasteiger partial charge in [0, 0.05) is 18.7 Å². The minimum atomic E-state index is -0.563. The van der Waals surface area contributed by atoms with Crippen molar-refractivity contribution in [1.82, 2.24) is 15.0 Å². The summed E-state index contributed by atoms with van der Waals surface area (Å²) in [6, 6.07) is 5.61. The first kappa shape index (κ1) is 18.5. The molecule has 0 aliphatic rings. The lowest BCUT2D eigenvalue weighted by Crippen LogP contribution is -1.96. The molecule has 4 rings (SSSR count). The highest BCUT2D eigenvalue weighted by molar-refractivity contribution is 7.21. The Kier molecular flexibility index (Phi) is 4.82. The molecule has 2 aromatic heterocycles. The first-order valence-corrected chi connectivity index (χ1v) is 9.34. The predicted octanol–water partition coefficient (Wildman–Crippen LogP) is 4.52. The minimum Gasteiger partial charge on any atom is -0.493 e. The molecule has 2 heterocycles. The second-order valence-electron chi connectivity index (χ2n) is 6.27. The smallest absolute Gasteiger partial charge is 0.209 e. The third-order valence-corrected chi connectivity index (χ3v) is 5.37. The van der Waals surface area contributed by atoms with Gasteiger partial charge in [0.2, 0.25) is 5.82 Å². The normalized spacial score (nSPS) is 11.3. The maximum absolute atomic E-state index is 14.5. The number of methoxy groups -OCH3 is 3. The number of rotatable bonds is 5. The van der Waals surface area contributed by atoms with Crippen LogP contribution in [0.4, 0.5) is 4.39 Å². The Morgan fingerprint density at radius 2 is 1.86 bits per heavy atom. The number of fused-ring (bicyclic) bond motifs is 2. The Morgan fingerprint density at radius 3 is 2.57 bits per heavy atom. The lowest BCUT2D eigenvalue weighted by atomic mass is 10.1. The fourth-order valence-electron chi connectivity index (χ4n) is 3.12. The van der Waals surface area contributed by atoms with Gasteiger partial charge in [-0.2, -0.15) is 4.39 Å². The molecule has 4 aromatic rings. The van der Waals surface area contributed by atoms with E-state index < -0.39 is 5.82 Å². The van der Waals surface area contributed by atoms with Crippen LogP contribution in [-0.2, 0) is 11.3 Å². The summed E-state index contributed by atoms with van der Waals surface area (Å²) in [5.41, 5.74) is 4.58. The number of hydrogen-bond acceptors (Lipinski definition) is 7.